The van der Waals surface area contributed by atoms with Gasteiger partial charge in [0.25, 0.3) is 0 Å². The first kappa shape index (κ1) is 23.5. The van der Waals surface area contributed by atoms with E-state index in [0.717, 1.165) is 36.8 Å². The maximum atomic E-state index is 10.2. The van der Waals surface area contributed by atoms with Crippen LogP contribution in [0.3, 0.4) is 0 Å². The van der Waals surface area contributed by atoms with Crippen molar-refractivity contribution in [2.75, 3.05) is 0 Å². The van der Waals surface area contributed by atoms with Crippen LogP contribution in [-0.4, -0.2) is 33.6 Å². The van der Waals surface area contributed by atoms with Crippen molar-refractivity contribution >= 4 is 0 Å². The molecule has 6 atom stereocenters. The number of allylic oxidation sites excluding steroid dienone is 5. The van der Waals surface area contributed by atoms with Gasteiger partial charge in [0.05, 0.1) is 18.3 Å². The van der Waals surface area contributed by atoms with E-state index in [1.54, 1.807) is 5.57 Å². The molecule has 3 aliphatic carbocycles. The van der Waals surface area contributed by atoms with E-state index < -0.39 is 12.2 Å². The molecular formula is C27H42O3. The van der Waals surface area contributed by atoms with Crippen LogP contribution in [0, 0.1) is 23.2 Å². The highest BCUT2D eigenvalue weighted by Crippen LogP contribution is 2.57. The van der Waals surface area contributed by atoms with E-state index in [0.29, 0.717) is 30.6 Å². The zero-order valence-electron chi connectivity index (χ0n) is 19.4. The molecule has 3 N–H and O–H groups in total. The lowest BCUT2D eigenvalue weighted by molar-refractivity contribution is 0.0862. The maximum Gasteiger partial charge on any atom is 0.0811 e. The lowest BCUT2D eigenvalue weighted by Gasteiger charge is -2.42. The minimum absolute atomic E-state index is 0.208. The SMILES string of the molecule is C=C1/C(=C\C=C2/CCC[C@]3(C)C([C@@H](C)CCC(O)C(C)C)=CCC23)C[C@@H](O)C[C@@H]1O. The monoisotopic (exact) mass is 414 g/mol. The lowest BCUT2D eigenvalue weighted by atomic mass is 9.62. The molecule has 168 valence electrons. The molecule has 0 radical (unpaired) electrons. The molecule has 0 aliphatic heterocycles. The van der Waals surface area contributed by atoms with Gasteiger partial charge in [-0.15, -0.1) is 0 Å². The van der Waals surface area contributed by atoms with Gasteiger partial charge in [0, 0.05) is 6.42 Å². The number of fused-ring (bicyclic) bond motifs is 1. The summed E-state index contributed by atoms with van der Waals surface area (Å²) in [6, 6.07) is 0. The fourth-order valence-electron chi connectivity index (χ4n) is 5.99. The minimum atomic E-state index is -0.628. The minimum Gasteiger partial charge on any atom is -0.393 e. The Morgan fingerprint density at radius 1 is 1.20 bits per heavy atom. The third-order valence-corrected chi connectivity index (χ3v) is 8.07. The molecule has 0 spiro atoms. The number of hydrogen-bond donors (Lipinski definition) is 3. The van der Waals surface area contributed by atoms with E-state index in [1.807, 2.05) is 0 Å². The van der Waals surface area contributed by atoms with E-state index in [4.69, 9.17) is 0 Å². The summed E-state index contributed by atoms with van der Waals surface area (Å²) >= 11 is 0. The number of rotatable bonds is 6. The van der Waals surface area contributed by atoms with E-state index in [2.05, 4.69) is 52.5 Å². The molecule has 30 heavy (non-hydrogen) atoms. The quantitative estimate of drug-likeness (QED) is 0.504. The van der Waals surface area contributed by atoms with Crippen LogP contribution in [0.5, 0.6) is 0 Å². The van der Waals surface area contributed by atoms with Crippen molar-refractivity contribution in [3.05, 3.63) is 47.1 Å². The first-order valence-electron chi connectivity index (χ1n) is 12.0. The van der Waals surface area contributed by atoms with Crippen LogP contribution in [0.2, 0.25) is 0 Å². The van der Waals surface area contributed by atoms with Gasteiger partial charge in [0.1, 0.15) is 0 Å². The van der Waals surface area contributed by atoms with Crippen LogP contribution in [0.1, 0.15) is 79.1 Å². The Morgan fingerprint density at radius 2 is 1.93 bits per heavy atom. The van der Waals surface area contributed by atoms with Gasteiger partial charge in [-0.05, 0) is 79.3 Å². The molecule has 2 saturated carbocycles. The molecule has 2 fully saturated rings. The van der Waals surface area contributed by atoms with E-state index in [1.165, 1.54) is 18.4 Å². The Kier molecular flexibility index (Phi) is 7.48. The van der Waals surface area contributed by atoms with Crippen molar-refractivity contribution in [1.82, 2.24) is 0 Å². The molecule has 3 rings (SSSR count). The first-order valence-corrected chi connectivity index (χ1v) is 12.0. The van der Waals surface area contributed by atoms with Crippen LogP contribution >= 0.6 is 0 Å². The molecule has 3 aliphatic rings. The average molecular weight is 415 g/mol. The van der Waals surface area contributed by atoms with Crippen molar-refractivity contribution in [2.24, 2.45) is 23.2 Å². The molecule has 3 heteroatoms. The number of hydrogen-bond acceptors (Lipinski definition) is 3. The lowest BCUT2D eigenvalue weighted by Crippen LogP contribution is -2.32. The normalized spacial score (nSPS) is 36.9. The Balaban J connectivity index is 1.73. The molecule has 2 unspecified atom stereocenters. The van der Waals surface area contributed by atoms with Gasteiger partial charge in [-0.2, -0.15) is 0 Å². The zero-order chi connectivity index (χ0) is 22.1. The fraction of sp³-hybridized carbons (Fsp3) is 0.704. The second-order valence-corrected chi connectivity index (χ2v) is 10.6. The van der Waals surface area contributed by atoms with Gasteiger partial charge in [-0.25, -0.2) is 0 Å². The summed E-state index contributed by atoms with van der Waals surface area (Å²) in [4.78, 5) is 0. The topological polar surface area (TPSA) is 60.7 Å². The summed E-state index contributed by atoms with van der Waals surface area (Å²) in [6.07, 6.45) is 13.1. The fourth-order valence-corrected chi connectivity index (χ4v) is 5.99. The van der Waals surface area contributed by atoms with Crippen molar-refractivity contribution < 1.29 is 15.3 Å². The Morgan fingerprint density at radius 3 is 2.63 bits per heavy atom. The van der Waals surface area contributed by atoms with Gasteiger partial charge < -0.3 is 15.3 Å². The standard InChI is InChI=1S/C27H42O3/c1-17(2)25(29)13-8-18(3)23-11-12-24-20(7-6-14-27(23,24)5)9-10-21-15-22(28)16-26(30)19(21)4/h9-11,17-18,22,24-26,28-30H,4,6-8,12-16H2,1-3,5H3/b20-9+,21-10-/t18-,22+,24?,25?,26-,27+/m0/s1. The van der Waals surface area contributed by atoms with Crippen LogP contribution < -0.4 is 0 Å². The molecule has 0 aromatic rings. The van der Waals surface area contributed by atoms with Crippen LogP contribution in [0.4, 0.5) is 0 Å². The van der Waals surface area contributed by atoms with Gasteiger partial charge in [-0.1, -0.05) is 63.6 Å². The summed E-state index contributed by atoms with van der Waals surface area (Å²) in [5, 5.41) is 30.4. The second-order valence-electron chi connectivity index (χ2n) is 10.6. The molecular weight excluding hydrogens is 372 g/mol. The molecule has 0 aromatic carbocycles. The summed E-state index contributed by atoms with van der Waals surface area (Å²) in [7, 11) is 0. The van der Waals surface area contributed by atoms with Crippen molar-refractivity contribution in [1.29, 1.82) is 0 Å². The molecule has 0 saturated heterocycles. The third-order valence-electron chi connectivity index (χ3n) is 8.07. The van der Waals surface area contributed by atoms with Crippen molar-refractivity contribution in [3.8, 4) is 0 Å². The van der Waals surface area contributed by atoms with Crippen LogP contribution in [0.15, 0.2) is 47.1 Å². The van der Waals surface area contributed by atoms with Gasteiger partial charge >= 0.3 is 0 Å². The van der Waals surface area contributed by atoms with Crippen LogP contribution in [-0.2, 0) is 0 Å². The van der Waals surface area contributed by atoms with Crippen molar-refractivity contribution in [2.45, 2.75) is 97.4 Å². The Labute approximate surface area is 183 Å². The largest absolute Gasteiger partial charge is 0.393 e. The zero-order valence-corrected chi connectivity index (χ0v) is 19.4. The highest BCUT2D eigenvalue weighted by atomic mass is 16.3. The summed E-state index contributed by atoms with van der Waals surface area (Å²) in [6.45, 7) is 13.0. The summed E-state index contributed by atoms with van der Waals surface area (Å²) < 4.78 is 0. The number of aliphatic hydroxyl groups excluding tert-OH is 3. The summed E-state index contributed by atoms with van der Waals surface area (Å²) in [5.74, 6) is 1.37. The van der Waals surface area contributed by atoms with Crippen molar-refractivity contribution in [3.63, 3.8) is 0 Å². The smallest absolute Gasteiger partial charge is 0.0811 e. The highest BCUT2D eigenvalue weighted by molar-refractivity contribution is 5.40. The predicted molar refractivity (Wildman–Crippen MR) is 124 cm³/mol. The second kappa shape index (κ2) is 9.54. The predicted octanol–water partition coefficient (Wildman–Crippen LogP) is 5.48. The molecule has 0 heterocycles. The molecule has 3 nitrogen and oxygen atoms in total. The third kappa shape index (κ3) is 4.84. The first-order chi connectivity index (χ1) is 14.1. The van der Waals surface area contributed by atoms with Gasteiger partial charge in [-0.3, -0.25) is 0 Å². The molecule has 0 aromatic heterocycles. The van der Waals surface area contributed by atoms with Gasteiger partial charge in [0.2, 0.25) is 0 Å². The van der Waals surface area contributed by atoms with E-state index in [-0.39, 0.29) is 11.5 Å². The number of aliphatic hydroxyl groups is 3. The molecule has 0 amide bonds. The maximum absolute atomic E-state index is 10.2. The molecule has 0 bridgehead atoms. The van der Waals surface area contributed by atoms with Crippen LogP contribution in [0.25, 0.3) is 0 Å². The Hall–Kier alpha value is -1.16. The van der Waals surface area contributed by atoms with Gasteiger partial charge in [0.15, 0.2) is 0 Å². The average Bonchev–Trinajstić information content (AvgIpc) is 3.04. The summed E-state index contributed by atoms with van der Waals surface area (Å²) in [5.41, 5.74) is 5.06. The highest BCUT2D eigenvalue weighted by Gasteiger charge is 2.45. The van der Waals surface area contributed by atoms with E-state index >= 15 is 0 Å². The Bertz CT molecular complexity index is 728. The van der Waals surface area contributed by atoms with E-state index in [9.17, 15) is 15.3 Å².